The minimum Gasteiger partial charge on any atom is -0.490 e. The Balaban J connectivity index is 1.90. The minimum atomic E-state index is 0.628. The van der Waals surface area contributed by atoms with E-state index in [0.717, 1.165) is 48.3 Å². The Labute approximate surface area is 143 Å². The zero-order valence-corrected chi connectivity index (χ0v) is 14.9. The molecule has 128 valence electrons. The molecule has 0 saturated heterocycles. The summed E-state index contributed by atoms with van der Waals surface area (Å²) in [4.78, 5) is 11.4. The van der Waals surface area contributed by atoms with Gasteiger partial charge < -0.3 is 14.4 Å². The van der Waals surface area contributed by atoms with E-state index in [0.29, 0.717) is 13.2 Å². The molecule has 0 fully saturated rings. The second kappa shape index (κ2) is 7.07. The van der Waals surface area contributed by atoms with Crippen LogP contribution in [0.1, 0.15) is 36.4 Å². The first-order chi connectivity index (χ1) is 11.6. The lowest BCUT2D eigenvalue weighted by molar-refractivity contribution is 0.287. The molecule has 0 radical (unpaired) electrons. The Morgan fingerprint density at radius 3 is 2.08 bits per heavy atom. The van der Waals surface area contributed by atoms with Crippen molar-refractivity contribution in [3.8, 4) is 11.5 Å². The summed E-state index contributed by atoms with van der Waals surface area (Å²) < 4.78 is 11.5. The van der Waals surface area contributed by atoms with Crippen LogP contribution < -0.4 is 14.4 Å². The number of ether oxygens (including phenoxy) is 2. The lowest BCUT2D eigenvalue weighted by Crippen LogP contribution is -2.32. The van der Waals surface area contributed by atoms with E-state index in [1.54, 1.807) is 0 Å². The van der Waals surface area contributed by atoms with Crippen molar-refractivity contribution >= 4 is 5.95 Å². The Morgan fingerprint density at radius 2 is 1.50 bits per heavy atom. The number of hydrogen-bond donors (Lipinski definition) is 0. The molecule has 0 aliphatic carbocycles. The van der Waals surface area contributed by atoms with Crippen molar-refractivity contribution in [1.29, 1.82) is 0 Å². The quantitative estimate of drug-likeness (QED) is 0.842. The molecule has 2 aromatic rings. The summed E-state index contributed by atoms with van der Waals surface area (Å²) >= 11 is 0. The van der Waals surface area contributed by atoms with Gasteiger partial charge in [-0.25, -0.2) is 9.97 Å². The molecule has 2 heterocycles. The molecule has 5 nitrogen and oxygen atoms in total. The highest BCUT2D eigenvalue weighted by Gasteiger charge is 2.21. The van der Waals surface area contributed by atoms with Gasteiger partial charge in [-0.1, -0.05) is 0 Å². The summed E-state index contributed by atoms with van der Waals surface area (Å²) in [7, 11) is 0. The third kappa shape index (κ3) is 3.45. The number of benzene rings is 1. The number of hydrogen-bond acceptors (Lipinski definition) is 5. The summed E-state index contributed by atoms with van der Waals surface area (Å²) in [5.74, 6) is 2.47. The van der Waals surface area contributed by atoms with Gasteiger partial charge in [-0.3, -0.25) is 0 Å². The van der Waals surface area contributed by atoms with E-state index in [9.17, 15) is 0 Å². The van der Waals surface area contributed by atoms with Crippen LogP contribution in [0.5, 0.6) is 11.5 Å². The van der Waals surface area contributed by atoms with Crippen molar-refractivity contribution in [1.82, 2.24) is 9.97 Å². The van der Waals surface area contributed by atoms with Gasteiger partial charge in [0.1, 0.15) is 0 Å². The van der Waals surface area contributed by atoms with Crippen molar-refractivity contribution in [3.63, 3.8) is 0 Å². The smallest absolute Gasteiger partial charge is 0.226 e. The SMILES string of the molecule is CCOc1cc2c(cc1OCC)CN(c1nc(C)cc(C)n1)CC2. The van der Waals surface area contributed by atoms with Crippen molar-refractivity contribution in [3.05, 3.63) is 40.7 Å². The molecule has 1 aliphatic rings. The summed E-state index contributed by atoms with van der Waals surface area (Å²) in [6, 6.07) is 6.24. The van der Waals surface area contributed by atoms with Gasteiger partial charge in [0, 0.05) is 24.5 Å². The number of anilines is 1. The highest BCUT2D eigenvalue weighted by molar-refractivity contribution is 5.51. The molecule has 0 saturated carbocycles. The lowest BCUT2D eigenvalue weighted by Gasteiger charge is -2.30. The highest BCUT2D eigenvalue weighted by atomic mass is 16.5. The number of rotatable bonds is 5. The summed E-state index contributed by atoms with van der Waals surface area (Å²) in [6.45, 7) is 11.0. The maximum atomic E-state index is 5.76. The predicted octanol–water partition coefficient (Wildman–Crippen LogP) is 3.45. The Bertz CT molecular complexity index is 711. The molecule has 1 aliphatic heterocycles. The van der Waals surface area contributed by atoms with Crippen molar-refractivity contribution in [2.45, 2.75) is 40.7 Å². The van der Waals surface area contributed by atoms with Crippen molar-refractivity contribution < 1.29 is 9.47 Å². The number of fused-ring (bicyclic) bond motifs is 1. The summed E-state index contributed by atoms with van der Waals surface area (Å²) in [6.07, 6.45) is 0.957. The van der Waals surface area contributed by atoms with Crippen LogP contribution in [0.25, 0.3) is 0 Å². The van der Waals surface area contributed by atoms with E-state index in [-0.39, 0.29) is 0 Å². The van der Waals surface area contributed by atoms with Crippen LogP contribution >= 0.6 is 0 Å². The van der Waals surface area contributed by atoms with Gasteiger partial charge in [0.15, 0.2) is 11.5 Å². The molecule has 5 heteroatoms. The topological polar surface area (TPSA) is 47.5 Å². The Kier molecular flexibility index (Phi) is 4.88. The molecule has 0 bridgehead atoms. The normalized spacial score (nSPS) is 13.6. The summed E-state index contributed by atoms with van der Waals surface area (Å²) in [5.41, 5.74) is 4.59. The van der Waals surface area contributed by atoms with Crippen LogP contribution in [0, 0.1) is 13.8 Å². The highest BCUT2D eigenvalue weighted by Crippen LogP contribution is 2.34. The Morgan fingerprint density at radius 1 is 0.917 bits per heavy atom. The number of nitrogens with zero attached hydrogens (tertiary/aromatic N) is 3. The molecular weight excluding hydrogens is 302 g/mol. The van der Waals surface area contributed by atoms with Crippen LogP contribution in [0.2, 0.25) is 0 Å². The standard InChI is InChI=1S/C19H25N3O2/c1-5-23-17-10-15-7-8-22(12-16(15)11-18(17)24-6-2)19-20-13(3)9-14(4)21-19/h9-11H,5-8,12H2,1-4H3. The van der Waals surface area contributed by atoms with Crippen LogP contribution in [0.3, 0.4) is 0 Å². The zero-order valence-electron chi connectivity index (χ0n) is 14.9. The average molecular weight is 327 g/mol. The van der Waals surface area contributed by atoms with Gasteiger partial charge >= 0.3 is 0 Å². The van der Waals surface area contributed by atoms with Gasteiger partial charge in [0.2, 0.25) is 5.95 Å². The summed E-state index contributed by atoms with van der Waals surface area (Å²) in [5, 5.41) is 0. The molecule has 0 spiro atoms. The second-order valence-electron chi connectivity index (χ2n) is 6.06. The van der Waals surface area contributed by atoms with E-state index in [1.165, 1.54) is 11.1 Å². The molecule has 24 heavy (non-hydrogen) atoms. The number of aromatic nitrogens is 2. The zero-order chi connectivity index (χ0) is 17.1. The first kappa shape index (κ1) is 16.6. The van der Waals surface area contributed by atoms with E-state index < -0.39 is 0 Å². The van der Waals surface area contributed by atoms with Gasteiger partial charge in [-0.15, -0.1) is 0 Å². The molecule has 0 unspecified atom stereocenters. The molecular formula is C19H25N3O2. The van der Waals surface area contributed by atoms with E-state index in [2.05, 4.69) is 27.0 Å². The van der Waals surface area contributed by atoms with Gasteiger partial charge in [-0.2, -0.15) is 0 Å². The van der Waals surface area contributed by atoms with Crippen LogP contribution in [0.15, 0.2) is 18.2 Å². The van der Waals surface area contributed by atoms with Crippen LogP contribution in [-0.2, 0) is 13.0 Å². The first-order valence-corrected chi connectivity index (χ1v) is 8.59. The molecule has 0 N–H and O–H groups in total. The fourth-order valence-corrected chi connectivity index (χ4v) is 3.12. The number of aryl methyl sites for hydroxylation is 2. The average Bonchev–Trinajstić information content (AvgIpc) is 2.54. The molecule has 3 rings (SSSR count). The van der Waals surface area contributed by atoms with E-state index >= 15 is 0 Å². The van der Waals surface area contributed by atoms with Gasteiger partial charge in [0.25, 0.3) is 0 Å². The van der Waals surface area contributed by atoms with Gasteiger partial charge in [0.05, 0.1) is 13.2 Å². The van der Waals surface area contributed by atoms with Crippen molar-refractivity contribution in [2.75, 3.05) is 24.7 Å². The maximum Gasteiger partial charge on any atom is 0.226 e. The second-order valence-corrected chi connectivity index (χ2v) is 6.06. The van der Waals surface area contributed by atoms with Crippen molar-refractivity contribution in [2.24, 2.45) is 0 Å². The minimum absolute atomic E-state index is 0.628. The van der Waals surface area contributed by atoms with E-state index in [1.807, 2.05) is 33.8 Å². The van der Waals surface area contributed by atoms with Crippen LogP contribution in [-0.4, -0.2) is 29.7 Å². The largest absolute Gasteiger partial charge is 0.490 e. The monoisotopic (exact) mass is 327 g/mol. The predicted molar refractivity (Wildman–Crippen MR) is 95.0 cm³/mol. The van der Waals surface area contributed by atoms with Gasteiger partial charge in [-0.05, 0) is 63.4 Å². The fourth-order valence-electron chi connectivity index (χ4n) is 3.12. The fraction of sp³-hybridized carbons (Fsp3) is 0.474. The lowest BCUT2D eigenvalue weighted by atomic mass is 9.99. The molecule has 0 atom stereocenters. The van der Waals surface area contributed by atoms with E-state index in [4.69, 9.17) is 9.47 Å². The maximum absolute atomic E-state index is 5.76. The third-order valence-electron chi connectivity index (χ3n) is 4.13. The molecule has 0 amide bonds. The Hall–Kier alpha value is -2.30. The molecule has 1 aromatic carbocycles. The molecule has 1 aromatic heterocycles. The van der Waals surface area contributed by atoms with Crippen LogP contribution in [0.4, 0.5) is 5.95 Å². The first-order valence-electron chi connectivity index (χ1n) is 8.59. The third-order valence-corrected chi connectivity index (χ3v) is 4.13.